The van der Waals surface area contributed by atoms with Crippen LogP contribution in [0.2, 0.25) is 0 Å². The summed E-state index contributed by atoms with van der Waals surface area (Å²) in [6.45, 7) is 14.1. The zero-order valence-corrected chi connectivity index (χ0v) is 24.6. The van der Waals surface area contributed by atoms with Crippen LogP contribution in [0.1, 0.15) is 52.8 Å². The first kappa shape index (κ1) is 26.1. The topological polar surface area (TPSA) is 35.6 Å². The fourth-order valence-corrected chi connectivity index (χ4v) is 7.40. The summed E-state index contributed by atoms with van der Waals surface area (Å²) in [5, 5.41) is 2.50. The van der Waals surface area contributed by atoms with Gasteiger partial charge < -0.3 is 9.13 Å². The summed E-state index contributed by atoms with van der Waals surface area (Å²) in [4.78, 5) is 9.61. The summed E-state index contributed by atoms with van der Waals surface area (Å²) >= 11 is 0. The molecule has 40 heavy (non-hydrogen) atoms. The van der Waals surface area contributed by atoms with Crippen molar-refractivity contribution in [1.29, 1.82) is 0 Å². The molecule has 0 N–H and O–H groups in total. The van der Waals surface area contributed by atoms with Crippen LogP contribution in [0, 0.1) is 10.8 Å². The van der Waals surface area contributed by atoms with Crippen LogP contribution in [0.15, 0.2) is 104 Å². The molecule has 0 fully saturated rings. The minimum atomic E-state index is -0.342. The van der Waals surface area contributed by atoms with E-state index in [2.05, 4.69) is 135 Å². The molecule has 0 unspecified atom stereocenters. The number of aryl methyl sites for hydroxylation is 1. The molecule has 3 aromatic carbocycles. The number of nitrogens with zero attached hydrogens (tertiary/aromatic N) is 4. The quantitative estimate of drug-likeness (QED) is 0.230. The number of fused-ring (bicyclic) bond motifs is 3. The molecule has 0 aliphatic heterocycles. The smallest absolute Gasteiger partial charge is 0.139 e. The lowest BCUT2D eigenvalue weighted by atomic mass is 9.49. The Balaban J connectivity index is 1.70. The van der Waals surface area contributed by atoms with Crippen molar-refractivity contribution in [3.63, 3.8) is 0 Å². The molecule has 0 bridgehead atoms. The first-order valence-electron chi connectivity index (χ1n) is 14.1. The lowest BCUT2D eigenvalue weighted by molar-refractivity contribution is 0.0866. The van der Waals surface area contributed by atoms with Crippen molar-refractivity contribution in [3.8, 4) is 17.1 Å². The predicted octanol–water partition coefficient (Wildman–Crippen LogP) is 8.96. The summed E-state index contributed by atoms with van der Waals surface area (Å²) < 4.78 is 4.48. The second kappa shape index (κ2) is 9.19. The lowest BCUT2D eigenvalue weighted by Crippen LogP contribution is -2.51. The van der Waals surface area contributed by atoms with Crippen LogP contribution in [0.3, 0.4) is 0 Å². The van der Waals surface area contributed by atoms with E-state index in [1.165, 1.54) is 27.4 Å². The zero-order valence-electron chi connectivity index (χ0n) is 24.6. The van der Waals surface area contributed by atoms with Crippen molar-refractivity contribution in [2.24, 2.45) is 17.9 Å². The number of para-hydroxylation sites is 1. The van der Waals surface area contributed by atoms with Gasteiger partial charge in [-0.3, -0.25) is 4.98 Å². The van der Waals surface area contributed by atoms with Gasteiger partial charge in [0.25, 0.3) is 0 Å². The van der Waals surface area contributed by atoms with Gasteiger partial charge in [-0.15, -0.1) is 0 Å². The van der Waals surface area contributed by atoms with Crippen LogP contribution in [0.25, 0.3) is 38.9 Å². The number of rotatable bonds is 4. The molecule has 6 aromatic rings. The number of imidazole rings is 1. The van der Waals surface area contributed by atoms with Crippen molar-refractivity contribution in [2.45, 2.75) is 47.0 Å². The second-order valence-electron chi connectivity index (χ2n) is 13.0. The summed E-state index contributed by atoms with van der Waals surface area (Å²) in [6, 6.07) is 30.8. The number of hydrogen-bond acceptors (Lipinski definition) is 2. The number of hydrogen-bond donors (Lipinski definition) is 0. The molecule has 0 aliphatic carbocycles. The molecular weight excluding hydrogens is 488 g/mol. The summed E-state index contributed by atoms with van der Waals surface area (Å²) in [7, 11) is 2.04. The van der Waals surface area contributed by atoms with E-state index in [1.807, 2.05) is 31.7 Å². The van der Waals surface area contributed by atoms with Crippen LogP contribution in [0.4, 0.5) is 0 Å². The number of aromatic nitrogens is 4. The average Bonchev–Trinajstić information content (AvgIpc) is 3.49. The van der Waals surface area contributed by atoms with E-state index >= 15 is 0 Å². The minimum absolute atomic E-state index is 0.109. The summed E-state index contributed by atoms with van der Waals surface area (Å²) in [5.41, 5.74) is 6.44. The third kappa shape index (κ3) is 3.81. The Kier molecular flexibility index (Phi) is 5.99. The van der Waals surface area contributed by atoms with E-state index < -0.39 is 0 Å². The predicted molar refractivity (Wildman–Crippen MR) is 167 cm³/mol. The Morgan fingerprint density at radius 3 is 2.02 bits per heavy atom. The standard InChI is InChI=1S/C36H38N4/c1-34(2,3)36(35(4,5)6,32-17-10-11-20-37-32)26-18-19-29-28-15-8-9-16-30(28)40(31(29)24-26)27-14-12-13-25(23-27)33-38-21-22-39(33)7/h8-24H,1-7H3. The normalized spacial score (nSPS) is 12.9. The van der Waals surface area contributed by atoms with Gasteiger partial charge in [0.1, 0.15) is 5.82 Å². The molecule has 6 rings (SSSR count). The van der Waals surface area contributed by atoms with Crippen molar-refractivity contribution in [1.82, 2.24) is 19.1 Å². The molecule has 0 saturated heterocycles. The maximum Gasteiger partial charge on any atom is 0.139 e. The maximum absolute atomic E-state index is 5.00. The summed E-state index contributed by atoms with van der Waals surface area (Å²) in [6.07, 6.45) is 5.77. The van der Waals surface area contributed by atoms with Crippen LogP contribution >= 0.6 is 0 Å². The van der Waals surface area contributed by atoms with E-state index in [0.717, 1.165) is 22.8 Å². The number of benzene rings is 3. The van der Waals surface area contributed by atoms with E-state index in [9.17, 15) is 0 Å². The highest BCUT2D eigenvalue weighted by molar-refractivity contribution is 6.09. The van der Waals surface area contributed by atoms with Crippen molar-refractivity contribution >= 4 is 21.8 Å². The molecule has 202 valence electrons. The minimum Gasteiger partial charge on any atom is -0.334 e. The first-order chi connectivity index (χ1) is 19.0. The summed E-state index contributed by atoms with van der Waals surface area (Å²) in [5.74, 6) is 0.956. The fraction of sp³-hybridized carbons (Fsp3) is 0.278. The highest BCUT2D eigenvalue weighted by atomic mass is 15.0. The Morgan fingerprint density at radius 2 is 1.35 bits per heavy atom. The highest BCUT2D eigenvalue weighted by Crippen LogP contribution is 2.57. The van der Waals surface area contributed by atoms with Gasteiger partial charge in [0.2, 0.25) is 0 Å². The second-order valence-corrected chi connectivity index (χ2v) is 13.0. The van der Waals surface area contributed by atoms with E-state index in [1.54, 1.807) is 0 Å². The van der Waals surface area contributed by atoms with E-state index in [-0.39, 0.29) is 16.2 Å². The van der Waals surface area contributed by atoms with Gasteiger partial charge in [-0.05, 0) is 52.8 Å². The van der Waals surface area contributed by atoms with Gasteiger partial charge in [0.05, 0.1) is 16.7 Å². The molecule has 0 atom stereocenters. The number of pyridine rings is 1. The largest absolute Gasteiger partial charge is 0.334 e. The Labute approximate surface area is 237 Å². The Bertz CT molecular complexity index is 1810. The van der Waals surface area contributed by atoms with Crippen LogP contribution in [-0.4, -0.2) is 19.1 Å². The zero-order chi connectivity index (χ0) is 28.3. The molecule has 0 aliphatic rings. The average molecular weight is 527 g/mol. The monoisotopic (exact) mass is 526 g/mol. The van der Waals surface area contributed by atoms with Gasteiger partial charge in [-0.25, -0.2) is 4.98 Å². The molecule has 4 nitrogen and oxygen atoms in total. The molecule has 3 aromatic heterocycles. The SMILES string of the molecule is Cn1ccnc1-c1cccc(-n2c3ccccc3c3ccc(C(c4ccccn4)(C(C)(C)C)C(C)(C)C)cc32)c1. The third-order valence-electron chi connectivity index (χ3n) is 8.59. The molecule has 4 heteroatoms. The van der Waals surface area contributed by atoms with Gasteiger partial charge in [0, 0.05) is 53.1 Å². The third-order valence-corrected chi connectivity index (χ3v) is 8.59. The fourth-order valence-electron chi connectivity index (χ4n) is 7.40. The van der Waals surface area contributed by atoms with Gasteiger partial charge >= 0.3 is 0 Å². The Hall–Kier alpha value is -4.18. The van der Waals surface area contributed by atoms with Crippen LogP contribution in [-0.2, 0) is 12.5 Å². The molecular formula is C36H38N4. The molecule has 0 amide bonds. The van der Waals surface area contributed by atoms with Crippen LogP contribution < -0.4 is 0 Å². The van der Waals surface area contributed by atoms with Gasteiger partial charge in [0.15, 0.2) is 0 Å². The van der Waals surface area contributed by atoms with Crippen molar-refractivity contribution in [3.05, 3.63) is 115 Å². The van der Waals surface area contributed by atoms with Gasteiger partial charge in [-0.2, -0.15) is 0 Å². The molecule has 0 saturated carbocycles. The first-order valence-corrected chi connectivity index (χ1v) is 14.1. The van der Waals surface area contributed by atoms with E-state index in [4.69, 9.17) is 4.98 Å². The maximum atomic E-state index is 5.00. The van der Waals surface area contributed by atoms with Gasteiger partial charge in [-0.1, -0.05) is 90.1 Å². The Morgan fingerprint density at radius 1 is 0.625 bits per heavy atom. The molecule has 0 spiro atoms. The van der Waals surface area contributed by atoms with Crippen molar-refractivity contribution in [2.75, 3.05) is 0 Å². The highest BCUT2D eigenvalue weighted by Gasteiger charge is 2.54. The van der Waals surface area contributed by atoms with Crippen LogP contribution in [0.5, 0.6) is 0 Å². The van der Waals surface area contributed by atoms with E-state index in [0.29, 0.717) is 0 Å². The van der Waals surface area contributed by atoms with Crippen molar-refractivity contribution < 1.29 is 0 Å². The molecule has 3 heterocycles. The lowest BCUT2D eigenvalue weighted by Gasteiger charge is -2.54. The molecule has 0 radical (unpaired) electrons.